The first-order valence-corrected chi connectivity index (χ1v) is 7.03. The summed E-state index contributed by atoms with van der Waals surface area (Å²) in [4.78, 5) is 0. The van der Waals surface area contributed by atoms with E-state index < -0.39 is 0 Å². The number of aromatic nitrogens is 2. The number of aryl methyl sites for hydroxylation is 2. The second-order valence-electron chi connectivity index (χ2n) is 4.61. The number of hydrogen-bond donors (Lipinski definition) is 1. The summed E-state index contributed by atoms with van der Waals surface area (Å²) in [6.07, 6.45) is 5.40. The number of nitrogens with zero attached hydrogens (tertiary/aromatic N) is 2. The molecule has 0 amide bonds. The van der Waals surface area contributed by atoms with E-state index in [0.717, 1.165) is 25.8 Å². The van der Waals surface area contributed by atoms with Crippen LogP contribution in [0.25, 0.3) is 0 Å². The third kappa shape index (κ3) is 3.09. The van der Waals surface area contributed by atoms with Gasteiger partial charge in [0.05, 0.1) is 5.69 Å². The van der Waals surface area contributed by atoms with Crippen molar-refractivity contribution >= 4 is 0 Å². The molecule has 0 aliphatic carbocycles. The van der Waals surface area contributed by atoms with Crippen LogP contribution in [0.3, 0.4) is 0 Å². The van der Waals surface area contributed by atoms with Gasteiger partial charge in [0.2, 0.25) is 0 Å². The number of nitrogens with two attached hydrogens (primary N) is 1. The maximum atomic E-state index is 6.24. The zero-order valence-electron chi connectivity index (χ0n) is 11.8. The van der Waals surface area contributed by atoms with E-state index in [2.05, 4.69) is 32.4 Å². The minimum atomic E-state index is 0.148. The van der Waals surface area contributed by atoms with E-state index >= 15 is 0 Å². The highest BCUT2D eigenvalue weighted by atomic mass is 15.3. The van der Waals surface area contributed by atoms with Gasteiger partial charge in [0.25, 0.3) is 0 Å². The molecule has 0 saturated carbocycles. The monoisotopic (exact) mass is 237 g/mol. The Hall–Kier alpha value is -0.830. The average molecular weight is 237 g/mol. The van der Waals surface area contributed by atoms with Crippen molar-refractivity contribution in [3.63, 3.8) is 0 Å². The molecule has 1 rings (SSSR count). The van der Waals surface area contributed by atoms with Gasteiger partial charge >= 0.3 is 0 Å². The van der Waals surface area contributed by atoms with Crippen molar-refractivity contribution in [2.45, 2.75) is 72.4 Å². The van der Waals surface area contributed by atoms with E-state index in [9.17, 15) is 0 Å². The molecular weight excluding hydrogens is 210 g/mol. The van der Waals surface area contributed by atoms with E-state index in [1.807, 2.05) is 0 Å². The number of unbranched alkanes of at least 4 members (excludes halogenated alkanes) is 1. The molecule has 3 heteroatoms. The van der Waals surface area contributed by atoms with Crippen molar-refractivity contribution in [3.8, 4) is 0 Å². The van der Waals surface area contributed by atoms with Gasteiger partial charge in [-0.05, 0) is 25.7 Å². The molecule has 1 aromatic rings. The minimum Gasteiger partial charge on any atom is -0.324 e. The maximum Gasteiger partial charge on any atom is 0.0672 e. The van der Waals surface area contributed by atoms with Crippen LogP contribution in [-0.2, 0) is 19.4 Å². The maximum absolute atomic E-state index is 6.24. The summed E-state index contributed by atoms with van der Waals surface area (Å²) >= 11 is 0. The Morgan fingerprint density at radius 3 is 2.35 bits per heavy atom. The zero-order chi connectivity index (χ0) is 12.8. The fourth-order valence-corrected chi connectivity index (χ4v) is 2.32. The lowest BCUT2D eigenvalue weighted by Gasteiger charge is -2.12. The summed E-state index contributed by atoms with van der Waals surface area (Å²) in [5.74, 6) is 0. The van der Waals surface area contributed by atoms with E-state index in [4.69, 9.17) is 10.8 Å². The SMILES string of the molecule is CCCCn1nc(CC)c(C(N)CC)c1CC. The Bertz CT molecular complexity index is 341. The lowest BCUT2D eigenvalue weighted by Crippen LogP contribution is -2.13. The summed E-state index contributed by atoms with van der Waals surface area (Å²) in [6, 6.07) is 0.148. The van der Waals surface area contributed by atoms with Crippen LogP contribution in [0.1, 0.15) is 70.0 Å². The van der Waals surface area contributed by atoms with Gasteiger partial charge in [-0.15, -0.1) is 0 Å². The van der Waals surface area contributed by atoms with Crippen molar-refractivity contribution in [1.29, 1.82) is 0 Å². The van der Waals surface area contributed by atoms with Crippen LogP contribution in [0.5, 0.6) is 0 Å². The molecule has 0 fully saturated rings. The highest BCUT2D eigenvalue weighted by molar-refractivity contribution is 5.30. The van der Waals surface area contributed by atoms with Crippen LogP contribution in [0.15, 0.2) is 0 Å². The first-order valence-electron chi connectivity index (χ1n) is 7.03. The van der Waals surface area contributed by atoms with Gasteiger partial charge in [-0.1, -0.05) is 34.1 Å². The molecule has 0 spiro atoms. The number of rotatable bonds is 7. The first-order chi connectivity index (χ1) is 8.19. The summed E-state index contributed by atoms with van der Waals surface area (Å²) in [5.41, 5.74) is 10.1. The molecule has 0 aliphatic rings. The van der Waals surface area contributed by atoms with Crippen LogP contribution >= 0.6 is 0 Å². The Morgan fingerprint density at radius 1 is 1.18 bits per heavy atom. The van der Waals surface area contributed by atoms with Gasteiger partial charge < -0.3 is 5.73 Å². The molecule has 1 unspecified atom stereocenters. The van der Waals surface area contributed by atoms with Gasteiger partial charge in [-0.2, -0.15) is 5.10 Å². The van der Waals surface area contributed by atoms with Crippen LogP contribution in [0, 0.1) is 0 Å². The Balaban J connectivity index is 3.11. The Morgan fingerprint density at radius 2 is 1.88 bits per heavy atom. The highest BCUT2D eigenvalue weighted by Gasteiger charge is 2.19. The van der Waals surface area contributed by atoms with E-state index in [1.54, 1.807) is 0 Å². The van der Waals surface area contributed by atoms with Gasteiger partial charge in [0.1, 0.15) is 0 Å². The fourth-order valence-electron chi connectivity index (χ4n) is 2.32. The molecule has 3 nitrogen and oxygen atoms in total. The van der Waals surface area contributed by atoms with Crippen molar-refractivity contribution in [2.75, 3.05) is 0 Å². The first kappa shape index (κ1) is 14.2. The van der Waals surface area contributed by atoms with Crippen LogP contribution in [0.2, 0.25) is 0 Å². The van der Waals surface area contributed by atoms with E-state index in [1.165, 1.54) is 29.8 Å². The van der Waals surface area contributed by atoms with Crippen LogP contribution in [0.4, 0.5) is 0 Å². The van der Waals surface area contributed by atoms with Gasteiger partial charge in [-0.3, -0.25) is 4.68 Å². The summed E-state index contributed by atoms with van der Waals surface area (Å²) < 4.78 is 2.19. The standard InChI is InChI=1S/C14H27N3/c1-5-9-10-17-13(8-4)14(11(15)6-2)12(7-3)16-17/h11H,5-10,15H2,1-4H3. The second-order valence-corrected chi connectivity index (χ2v) is 4.61. The molecule has 0 saturated heterocycles. The molecule has 1 heterocycles. The average Bonchev–Trinajstić information content (AvgIpc) is 2.72. The summed E-state index contributed by atoms with van der Waals surface area (Å²) in [7, 11) is 0. The van der Waals surface area contributed by atoms with Crippen molar-refractivity contribution in [3.05, 3.63) is 17.0 Å². The molecule has 0 bridgehead atoms. The smallest absolute Gasteiger partial charge is 0.0672 e. The van der Waals surface area contributed by atoms with Crippen LogP contribution in [-0.4, -0.2) is 9.78 Å². The second kappa shape index (κ2) is 6.80. The van der Waals surface area contributed by atoms with Crippen LogP contribution < -0.4 is 5.73 Å². The normalized spacial score (nSPS) is 13.0. The van der Waals surface area contributed by atoms with Crippen molar-refractivity contribution in [1.82, 2.24) is 9.78 Å². The third-order valence-corrected chi connectivity index (χ3v) is 3.38. The molecule has 17 heavy (non-hydrogen) atoms. The Labute approximate surface area is 105 Å². The van der Waals surface area contributed by atoms with Gasteiger partial charge in [-0.25, -0.2) is 0 Å². The summed E-state index contributed by atoms with van der Waals surface area (Å²) in [6.45, 7) is 9.76. The molecule has 98 valence electrons. The minimum absolute atomic E-state index is 0.148. The lowest BCUT2D eigenvalue weighted by molar-refractivity contribution is 0.544. The Kier molecular flexibility index (Phi) is 5.69. The quantitative estimate of drug-likeness (QED) is 0.791. The molecule has 1 aromatic heterocycles. The lowest BCUT2D eigenvalue weighted by atomic mass is 10.00. The summed E-state index contributed by atoms with van der Waals surface area (Å²) in [5, 5.41) is 4.74. The molecule has 1 atom stereocenters. The predicted molar refractivity (Wildman–Crippen MR) is 73.1 cm³/mol. The van der Waals surface area contributed by atoms with Crippen molar-refractivity contribution in [2.24, 2.45) is 5.73 Å². The molecule has 0 aromatic carbocycles. The number of hydrogen-bond acceptors (Lipinski definition) is 2. The highest BCUT2D eigenvalue weighted by Crippen LogP contribution is 2.24. The zero-order valence-corrected chi connectivity index (χ0v) is 11.8. The van der Waals surface area contributed by atoms with Gasteiger partial charge in [0, 0.05) is 23.8 Å². The fraction of sp³-hybridized carbons (Fsp3) is 0.786. The molecule has 0 radical (unpaired) electrons. The van der Waals surface area contributed by atoms with E-state index in [0.29, 0.717) is 0 Å². The largest absolute Gasteiger partial charge is 0.324 e. The topological polar surface area (TPSA) is 43.8 Å². The predicted octanol–water partition coefficient (Wildman–Crippen LogP) is 3.22. The van der Waals surface area contributed by atoms with Crippen molar-refractivity contribution < 1.29 is 0 Å². The molecule has 0 aliphatic heterocycles. The molecular formula is C14H27N3. The van der Waals surface area contributed by atoms with E-state index in [-0.39, 0.29) is 6.04 Å². The third-order valence-electron chi connectivity index (χ3n) is 3.38. The molecule has 2 N–H and O–H groups in total. The van der Waals surface area contributed by atoms with Gasteiger partial charge in [0.15, 0.2) is 0 Å².